The summed E-state index contributed by atoms with van der Waals surface area (Å²) in [6, 6.07) is 24.3. The van der Waals surface area contributed by atoms with E-state index in [1.807, 2.05) is 54.6 Å². The van der Waals surface area contributed by atoms with Gasteiger partial charge in [0.15, 0.2) is 0 Å². The minimum Gasteiger partial charge on any atom is -0.489 e. The third kappa shape index (κ3) is 7.07. The van der Waals surface area contributed by atoms with Gasteiger partial charge < -0.3 is 14.8 Å². The quantitative estimate of drug-likeness (QED) is 0.315. The number of ether oxygens (including phenoxy) is 2. The molecule has 1 fully saturated rings. The number of carbonyl (C=O) groups excluding carboxylic acids is 2. The molecule has 0 bridgehead atoms. The van der Waals surface area contributed by atoms with Crippen LogP contribution in [0.5, 0.6) is 5.75 Å². The highest BCUT2D eigenvalue weighted by atomic mass is 16.5. The first-order chi connectivity index (χ1) is 16.7. The predicted octanol–water partition coefficient (Wildman–Crippen LogP) is 6.41. The molecule has 0 unspecified atom stereocenters. The van der Waals surface area contributed by atoms with E-state index in [4.69, 9.17) is 9.47 Å². The van der Waals surface area contributed by atoms with Crippen LogP contribution in [0.25, 0.3) is 6.08 Å². The average molecular weight is 456 g/mol. The standard InChI is InChI=1S/C29H29NO4/c31-28(20-13-22-11-18-26(19-12-22)33-21-23-7-3-1-4-8-23)30-25-16-14-24(15-17-25)29(32)34-27-9-5-2-6-10-27/h1,3-4,7-8,11-20,27H,2,5-6,9-10,21H2,(H,30,31)/b20-13+. The van der Waals surface area contributed by atoms with E-state index in [-0.39, 0.29) is 18.0 Å². The molecule has 5 heteroatoms. The maximum absolute atomic E-state index is 12.3. The Hall–Kier alpha value is -3.86. The zero-order valence-electron chi connectivity index (χ0n) is 19.1. The lowest BCUT2D eigenvalue weighted by Crippen LogP contribution is -2.20. The van der Waals surface area contributed by atoms with Crippen LogP contribution in [0.2, 0.25) is 0 Å². The van der Waals surface area contributed by atoms with Crippen LogP contribution in [0.1, 0.15) is 53.6 Å². The first-order valence-corrected chi connectivity index (χ1v) is 11.7. The summed E-state index contributed by atoms with van der Waals surface area (Å²) in [7, 11) is 0. The molecule has 174 valence electrons. The summed E-state index contributed by atoms with van der Waals surface area (Å²) < 4.78 is 11.4. The molecule has 0 heterocycles. The van der Waals surface area contributed by atoms with Crippen LogP contribution in [0.4, 0.5) is 5.69 Å². The molecule has 1 aliphatic carbocycles. The number of esters is 1. The molecule has 1 saturated carbocycles. The first kappa shape index (κ1) is 23.3. The Kier molecular flexibility index (Phi) is 8.12. The molecule has 1 aliphatic rings. The number of nitrogens with one attached hydrogen (secondary N) is 1. The summed E-state index contributed by atoms with van der Waals surface area (Å²) in [6.45, 7) is 0.509. The number of carbonyl (C=O) groups is 2. The van der Waals surface area contributed by atoms with Crippen LogP contribution in [-0.4, -0.2) is 18.0 Å². The minimum atomic E-state index is -0.305. The van der Waals surface area contributed by atoms with Gasteiger partial charge in [0.25, 0.3) is 0 Å². The third-order valence-electron chi connectivity index (χ3n) is 5.77. The Morgan fingerprint density at radius 1 is 0.853 bits per heavy atom. The number of amides is 1. The van der Waals surface area contributed by atoms with Crippen molar-refractivity contribution in [1.82, 2.24) is 0 Å². The van der Waals surface area contributed by atoms with Gasteiger partial charge >= 0.3 is 5.97 Å². The normalized spacial score (nSPS) is 14.0. The fourth-order valence-electron chi connectivity index (χ4n) is 3.86. The van der Waals surface area contributed by atoms with Crippen molar-refractivity contribution in [1.29, 1.82) is 0 Å². The van der Waals surface area contributed by atoms with Gasteiger partial charge in [-0.15, -0.1) is 0 Å². The van der Waals surface area contributed by atoms with Gasteiger partial charge in [0.1, 0.15) is 18.5 Å². The molecule has 0 radical (unpaired) electrons. The summed E-state index contributed by atoms with van der Waals surface area (Å²) in [5.74, 6) is 0.218. The molecule has 4 rings (SSSR count). The summed E-state index contributed by atoms with van der Waals surface area (Å²) in [6.07, 6.45) is 8.56. The maximum Gasteiger partial charge on any atom is 0.338 e. The SMILES string of the molecule is O=C(/C=C/c1ccc(OCc2ccccc2)cc1)Nc1ccc(C(=O)OC2CCCCC2)cc1. The van der Waals surface area contributed by atoms with E-state index >= 15 is 0 Å². The molecule has 1 N–H and O–H groups in total. The van der Waals surface area contributed by atoms with Crippen molar-refractivity contribution in [3.8, 4) is 5.75 Å². The van der Waals surface area contributed by atoms with Gasteiger partial charge in [-0.25, -0.2) is 4.79 Å². The highest BCUT2D eigenvalue weighted by Gasteiger charge is 2.18. The van der Waals surface area contributed by atoms with Crippen LogP contribution >= 0.6 is 0 Å². The molecule has 0 spiro atoms. The van der Waals surface area contributed by atoms with Crippen LogP contribution in [-0.2, 0) is 16.1 Å². The zero-order valence-corrected chi connectivity index (χ0v) is 19.1. The number of hydrogen-bond donors (Lipinski definition) is 1. The lowest BCUT2D eigenvalue weighted by molar-refractivity contribution is -0.111. The van der Waals surface area contributed by atoms with Gasteiger partial charge in [-0.2, -0.15) is 0 Å². The van der Waals surface area contributed by atoms with Crippen LogP contribution in [0, 0.1) is 0 Å². The monoisotopic (exact) mass is 455 g/mol. The molecular formula is C29H29NO4. The van der Waals surface area contributed by atoms with E-state index in [9.17, 15) is 9.59 Å². The number of anilines is 1. The fourth-order valence-corrected chi connectivity index (χ4v) is 3.86. The zero-order chi connectivity index (χ0) is 23.6. The largest absolute Gasteiger partial charge is 0.489 e. The van der Waals surface area contributed by atoms with Crippen LogP contribution in [0.15, 0.2) is 84.9 Å². The third-order valence-corrected chi connectivity index (χ3v) is 5.77. The maximum atomic E-state index is 12.3. The lowest BCUT2D eigenvalue weighted by atomic mass is 9.98. The van der Waals surface area contributed by atoms with Gasteiger partial charge in [0.2, 0.25) is 5.91 Å². The number of benzene rings is 3. The van der Waals surface area contributed by atoms with E-state index in [2.05, 4.69) is 5.32 Å². The molecule has 0 saturated heterocycles. The van der Waals surface area contributed by atoms with E-state index in [0.717, 1.165) is 42.6 Å². The van der Waals surface area contributed by atoms with Crippen molar-refractivity contribution in [3.63, 3.8) is 0 Å². The molecule has 34 heavy (non-hydrogen) atoms. The molecule has 0 aromatic heterocycles. The second-order valence-electron chi connectivity index (χ2n) is 8.41. The first-order valence-electron chi connectivity index (χ1n) is 11.7. The van der Waals surface area contributed by atoms with E-state index in [1.54, 1.807) is 30.3 Å². The van der Waals surface area contributed by atoms with Gasteiger partial charge in [-0.1, -0.05) is 48.9 Å². The molecule has 3 aromatic rings. The van der Waals surface area contributed by atoms with Crippen molar-refractivity contribution in [2.24, 2.45) is 0 Å². The summed E-state index contributed by atoms with van der Waals surface area (Å²) in [4.78, 5) is 24.6. The second kappa shape index (κ2) is 11.8. The lowest BCUT2D eigenvalue weighted by Gasteiger charge is -2.21. The van der Waals surface area contributed by atoms with Crippen molar-refractivity contribution >= 4 is 23.6 Å². The van der Waals surface area contributed by atoms with Crippen molar-refractivity contribution < 1.29 is 19.1 Å². The number of rotatable bonds is 8. The topological polar surface area (TPSA) is 64.6 Å². The van der Waals surface area contributed by atoms with E-state index < -0.39 is 0 Å². The predicted molar refractivity (Wildman–Crippen MR) is 134 cm³/mol. The highest BCUT2D eigenvalue weighted by molar-refractivity contribution is 6.02. The molecule has 1 amide bonds. The van der Waals surface area contributed by atoms with Crippen molar-refractivity contribution in [2.75, 3.05) is 5.32 Å². The van der Waals surface area contributed by atoms with Crippen molar-refractivity contribution in [3.05, 3.63) is 102 Å². The Labute approximate surface area is 200 Å². The van der Waals surface area contributed by atoms with Gasteiger partial charge in [0.05, 0.1) is 5.56 Å². The van der Waals surface area contributed by atoms with Gasteiger partial charge in [-0.3, -0.25) is 4.79 Å². The number of hydrogen-bond acceptors (Lipinski definition) is 4. The van der Waals surface area contributed by atoms with Gasteiger partial charge in [0, 0.05) is 11.8 Å². The van der Waals surface area contributed by atoms with Crippen molar-refractivity contribution in [2.45, 2.75) is 44.8 Å². The smallest absolute Gasteiger partial charge is 0.338 e. The summed E-state index contributed by atoms with van der Waals surface area (Å²) in [5, 5.41) is 2.81. The van der Waals surface area contributed by atoms with E-state index in [1.165, 1.54) is 12.5 Å². The van der Waals surface area contributed by atoms with Gasteiger partial charge in [-0.05, 0) is 79.3 Å². The average Bonchev–Trinajstić information content (AvgIpc) is 2.88. The second-order valence-corrected chi connectivity index (χ2v) is 8.41. The van der Waals surface area contributed by atoms with E-state index in [0.29, 0.717) is 17.9 Å². The Bertz CT molecular complexity index is 1100. The molecule has 5 nitrogen and oxygen atoms in total. The Morgan fingerprint density at radius 2 is 1.56 bits per heavy atom. The molecule has 0 atom stereocenters. The molecule has 0 aliphatic heterocycles. The van der Waals surface area contributed by atoms with Crippen LogP contribution < -0.4 is 10.1 Å². The Balaban J connectivity index is 1.24. The fraction of sp³-hybridized carbons (Fsp3) is 0.241. The van der Waals surface area contributed by atoms with Crippen LogP contribution in [0.3, 0.4) is 0 Å². The summed E-state index contributed by atoms with van der Waals surface area (Å²) in [5.41, 5.74) is 3.11. The molecular weight excluding hydrogens is 426 g/mol. The molecule has 3 aromatic carbocycles. The highest BCUT2D eigenvalue weighted by Crippen LogP contribution is 2.22. The minimum absolute atomic E-state index is 0.0234. The summed E-state index contributed by atoms with van der Waals surface area (Å²) >= 11 is 0. The Morgan fingerprint density at radius 3 is 2.26 bits per heavy atom.